The van der Waals surface area contributed by atoms with Crippen LogP contribution in [0.2, 0.25) is 0 Å². The number of carbonyl (C=O) groups is 1. The summed E-state index contributed by atoms with van der Waals surface area (Å²) >= 11 is 0. The largest absolute Gasteiger partial charge is 0.336 e. The van der Waals surface area contributed by atoms with Gasteiger partial charge in [0.1, 0.15) is 0 Å². The normalized spacial score (nSPS) is 18.3. The molecule has 0 unspecified atom stereocenters. The second-order valence-corrected chi connectivity index (χ2v) is 7.10. The Bertz CT molecular complexity index is 684. The van der Waals surface area contributed by atoms with Crippen molar-refractivity contribution in [3.05, 3.63) is 29.5 Å². The summed E-state index contributed by atoms with van der Waals surface area (Å²) in [5.74, 6) is 0.0396. The fraction of sp³-hybridized carbons (Fsp3) is 0.556. The summed E-state index contributed by atoms with van der Waals surface area (Å²) in [4.78, 5) is 14.4. The van der Waals surface area contributed by atoms with E-state index in [0.29, 0.717) is 19.5 Å². The van der Waals surface area contributed by atoms with Gasteiger partial charge in [-0.05, 0) is 29.0 Å². The molecule has 1 aliphatic rings. The fourth-order valence-corrected chi connectivity index (χ4v) is 3.03. The minimum absolute atomic E-state index is 0.0396. The van der Waals surface area contributed by atoms with Crippen LogP contribution in [0, 0.1) is 5.41 Å². The Morgan fingerprint density at radius 2 is 2.04 bits per heavy atom. The van der Waals surface area contributed by atoms with Gasteiger partial charge in [0.25, 0.3) is 0 Å². The molecule has 0 spiro atoms. The van der Waals surface area contributed by atoms with Crippen LogP contribution in [0.1, 0.15) is 45.7 Å². The molecule has 0 aliphatic carbocycles. The quantitative estimate of drug-likeness (QED) is 0.849. The summed E-state index contributed by atoms with van der Waals surface area (Å²) in [5, 5.41) is 8.20. The molecule has 0 radical (unpaired) electrons. The summed E-state index contributed by atoms with van der Waals surface area (Å²) in [6.07, 6.45) is 2.43. The number of hydrogen-bond acceptors (Lipinski definition) is 3. The van der Waals surface area contributed by atoms with Gasteiger partial charge < -0.3 is 10.6 Å². The van der Waals surface area contributed by atoms with Gasteiger partial charge in [-0.1, -0.05) is 40.7 Å². The van der Waals surface area contributed by atoms with Crippen LogP contribution in [-0.2, 0) is 17.8 Å². The van der Waals surface area contributed by atoms with Crippen LogP contribution >= 0.6 is 0 Å². The van der Waals surface area contributed by atoms with E-state index in [9.17, 15) is 4.79 Å². The summed E-state index contributed by atoms with van der Waals surface area (Å²) in [7, 11) is 0. The van der Waals surface area contributed by atoms with Crippen LogP contribution < -0.4 is 5.73 Å². The molecular formula is C18H28N4O. The van der Waals surface area contributed by atoms with Gasteiger partial charge in [-0.3, -0.25) is 9.89 Å². The van der Waals surface area contributed by atoms with Crippen molar-refractivity contribution in [3.63, 3.8) is 0 Å². The summed E-state index contributed by atoms with van der Waals surface area (Å²) < 4.78 is 0. The lowest BCUT2D eigenvalue weighted by atomic mass is 9.95. The number of nitrogens with two attached hydrogens (primary N) is 1. The SMILES string of the molecule is CC.CC(C)(C)CN1Cc2c(ccc3[nH]ncc23)C[C@@H](N)C1=O. The van der Waals surface area contributed by atoms with E-state index in [1.807, 2.05) is 31.0 Å². The average molecular weight is 316 g/mol. The molecule has 1 atom stereocenters. The van der Waals surface area contributed by atoms with E-state index in [2.05, 4.69) is 37.0 Å². The standard InChI is InChI=1S/C16H22N4O.C2H6/c1-16(2,3)9-20-8-12-10(6-13(17)15(20)21)4-5-14-11(12)7-18-19-14;1-2/h4-5,7,13H,6,8-9,17H2,1-3H3,(H,18,19);1-2H3/t13-;/m1./s1. The van der Waals surface area contributed by atoms with Crippen LogP contribution in [-0.4, -0.2) is 33.6 Å². The number of hydrogen-bond donors (Lipinski definition) is 2. The lowest BCUT2D eigenvalue weighted by Gasteiger charge is -2.30. The minimum atomic E-state index is -0.460. The third kappa shape index (κ3) is 3.72. The van der Waals surface area contributed by atoms with E-state index in [1.165, 1.54) is 5.56 Å². The molecule has 1 aromatic carbocycles. The third-order valence-electron chi connectivity index (χ3n) is 3.92. The second kappa shape index (κ2) is 6.71. The zero-order valence-electron chi connectivity index (χ0n) is 14.8. The maximum atomic E-state index is 12.5. The van der Waals surface area contributed by atoms with Crippen LogP contribution in [0.15, 0.2) is 18.3 Å². The maximum Gasteiger partial charge on any atom is 0.240 e. The van der Waals surface area contributed by atoms with E-state index < -0.39 is 6.04 Å². The number of benzene rings is 1. The monoisotopic (exact) mass is 316 g/mol. The van der Waals surface area contributed by atoms with Crippen molar-refractivity contribution in [1.29, 1.82) is 0 Å². The lowest BCUT2D eigenvalue weighted by molar-refractivity contribution is -0.134. The van der Waals surface area contributed by atoms with E-state index >= 15 is 0 Å². The van der Waals surface area contributed by atoms with Crippen LogP contribution in [0.4, 0.5) is 0 Å². The number of amides is 1. The molecule has 3 N–H and O–H groups in total. The first-order valence-corrected chi connectivity index (χ1v) is 8.33. The molecule has 3 rings (SSSR count). The van der Waals surface area contributed by atoms with Crippen molar-refractivity contribution in [2.24, 2.45) is 11.1 Å². The molecule has 1 aliphatic heterocycles. The first kappa shape index (κ1) is 17.5. The van der Waals surface area contributed by atoms with E-state index in [0.717, 1.165) is 16.5 Å². The highest BCUT2D eigenvalue weighted by atomic mass is 16.2. The van der Waals surface area contributed by atoms with Crippen LogP contribution in [0.5, 0.6) is 0 Å². The van der Waals surface area contributed by atoms with Gasteiger partial charge >= 0.3 is 0 Å². The van der Waals surface area contributed by atoms with E-state index in [1.54, 1.807) is 0 Å². The predicted molar refractivity (Wildman–Crippen MR) is 94.0 cm³/mol. The lowest BCUT2D eigenvalue weighted by Crippen LogP contribution is -2.45. The molecule has 1 aromatic heterocycles. The van der Waals surface area contributed by atoms with Crippen molar-refractivity contribution < 1.29 is 4.79 Å². The molecular weight excluding hydrogens is 288 g/mol. The first-order chi connectivity index (χ1) is 10.8. The number of carbonyl (C=O) groups excluding carboxylic acids is 1. The number of fused-ring (bicyclic) bond motifs is 3. The Labute approximate surface area is 138 Å². The zero-order chi connectivity index (χ0) is 17.2. The summed E-state index contributed by atoms with van der Waals surface area (Å²) in [6.45, 7) is 11.7. The van der Waals surface area contributed by atoms with Crippen molar-refractivity contribution in [2.75, 3.05) is 6.54 Å². The number of aromatic nitrogens is 2. The average Bonchev–Trinajstić information content (AvgIpc) is 2.93. The number of rotatable bonds is 1. The van der Waals surface area contributed by atoms with Crippen molar-refractivity contribution >= 4 is 16.8 Å². The molecule has 126 valence electrons. The Balaban J connectivity index is 0.000000924. The number of H-pyrrole nitrogens is 1. The third-order valence-corrected chi connectivity index (χ3v) is 3.92. The van der Waals surface area contributed by atoms with Gasteiger partial charge in [0.2, 0.25) is 5.91 Å². The second-order valence-electron chi connectivity index (χ2n) is 7.10. The maximum absolute atomic E-state index is 12.5. The smallest absolute Gasteiger partial charge is 0.240 e. The fourth-order valence-electron chi connectivity index (χ4n) is 3.03. The van der Waals surface area contributed by atoms with Gasteiger partial charge in [-0.25, -0.2) is 0 Å². The summed E-state index contributed by atoms with van der Waals surface area (Å²) in [6, 6.07) is 3.61. The molecule has 5 nitrogen and oxygen atoms in total. The van der Waals surface area contributed by atoms with Gasteiger partial charge in [0.05, 0.1) is 17.8 Å². The van der Waals surface area contributed by atoms with Crippen molar-refractivity contribution in [2.45, 2.75) is 53.6 Å². The highest BCUT2D eigenvalue weighted by Gasteiger charge is 2.30. The zero-order valence-corrected chi connectivity index (χ0v) is 14.8. The predicted octanol–water partition coefficient (Wildman–Crippen LogP) is 2.85. The Morgan fingerprint density at radius 1 is 1.35 bits per heavy atom. The van der Waals surface area contributed by atoms with Gasteiger partial charge in [0, 0.05) is 18.5 Å². The topological polar surface area (TPSA) is 75.0 Å². The number of nitrogens with zero attached hydrogens (tertiary/aromatic N) is 2. The molecule has 0 saturated carbocycles. The van der Waals surface area contributed by atoms with E-state index in [-0.39, 0.29) is 11.3 Å². The number of aromatic amines is 1. The van der Waals surface area contributed by atoms with Crippen LogP contribution in [0.25, 0.3) is 10.9 Å². The first-order valence-electron chi connectivity index (χ1n) is 8.33. The molecule has 1 amide bonds. The Morgan fingerprint density at radius 3 is 2.70 bits per heavy atom. The van der Waals surface area contributed by atoms with E-state index in [4.69, 9.17) is 5.73 Å². The molecule has 0 fully saturated rings. The highest BCUT2D eigenvalue weighted by Crippen LogP contribution is 2.28. The summed E-state index contributed by atoms with van der Waals surface area (Å²) in [5.41, 5.74) is 9.49. The molecule has 0 bridgehead atoms. The molecule has 2 aromatic rings. The van der Waals surface area contributed by atoms with Crippen molar-refractivity contribution in [3.8, 4) is 0 Å². The highest BCUT2D eigenvalue weighted by molar-refractivity contribution is 5.87. The van der Waals surface area contributed by atoms with Crippen molar-refractivity contribution in [1.82, 2.24) is 15.1 Å². The number of nitrogens with one attached hydrogen (secondary N) is 1. The Kier molecular flexibility index (Phi) is 5.09. The molecule has 5 heteroatoms. The minimum Gasteiger partial charge on any atom is -0.336 e. The van der Waals surface area contributed by atoms with Gasteiger partial charge in [-0.15, -0.1) is 0 Å². The van der Waals surface area contributed by atoms with Gasteiger partial charge in [-0.2, -0.15) is 5.10 Å². The van der Waals surface area contributed by atoms with Gasteiger partial charge in [0.15, 0.2) is 0 Å². The molecule has 2 heterocycles. The molecule has 23 heavy (non-hydrogen) atoms. The molecule has 0 saturated heterocycles. The van der Waals surface area contributed by atoms with Crippen LogP contribution in [0.3, 0.4) is 0 Å². The Hall–Kier alpha value is -1.88.